The van der Waals surface area contributed by atoms with Gasteiger partial charge in [-0.2, -0.15) is 0 Å². The number of fused-ring (bicyclic) bond motifs is 3. The van der Waals surface area contributed by atoms with Gasteiger partial charge in [-0.1, -0.05) is 11.8 Å². The molecule has 1 aromatic rings. The molecule has 1 saturated heterocycles. The van der Waals surface area contributed by atoms with Crippen molar-refractivity contribution in [1.29, 1.82) is 0 Å². The summed E-state index contributed by atoms with van der Waals surface area (Å²) in [5, 5.41) is 22.5. The summed E-state index contributed by atoms with van der Waals surface area (Å²) in [5.41, 5.74) is -0.454. The summed E-state index contributed by atoms with van der Waals surface area (Å²) in [7, 11) is 1.54. The Bertz CT molecular complexity index is 945. The van der Waals surface area contributed by atoms with Gasteiger partial charge in [0.05, 0.1) is 18.6 Å². The lowest BCUT2D eigenvalue weighted by Gasteiger charge is -2.53. The van der Waals surface area contributed by atoms with Crippen molar-refractivity contribution in [1.82, 2.24) is 4.90 Å². The second-order valence-corrected chi connectivity index (χ2v) is 6.92. The van der Waals surface area contributed by atoms with Gasteiger partial charge in [0.25, 0.3) is 6.02 Å². The molecule has 1 fully saturated rings. The van der Waals surface area contributed by atoms with E-state index in [0.717, 1.165) is 0 Å². The highest BCUT2D eigenvalue weighted by molar-refractivity contribution is 6.03. The molecule has 0 radical (unpaired) electrons. The van der Waals surface area contributed by atoms with E-state index in [0.29, 0.717) is 30.1 Å². The van der Waals surface area contributed by atoms with Gasteiger partial charge in [-0.05, 0) is 18.2 Å². The normalized spacial score (nSPS) is 23.0. The number of amidine groups is 1. The first kappa shape index (κ1) is 19.0. The minimum Gasteiger partial charge on any atom is -0.529 e. The maximum absolute atomic E-state index is 11.2. The standard InChI is InChI=1S/C19H18N2O8/c1-26-6-2-3-12-4-5-14-13(7-12)19(18(10-28-14)8-27-9-18)11-29-15(20-19)21(16(22)23)17(24)25/h4-5,7H,6,8-11H2,1H3,(H,22,23)(H,24,25)/p-2. The van der Waals surface area contributed by atoms with Crippen LogP contribution in [0, 0.1) is 17.3 Å². The van der Waals surface area contributed by atoms with Crippen LogP contribution < -0.4 is 14.9 Å². The Hall–Kier alpha value is -3.29. The fraction of sp³-hybridized carbons (Fsp3) is 0.421. The van der Waals surface area contributed by atoms with Gasteiger partial charge in [0.2, 0.25) is 0 Å². The van der Waals surface area contributed by atoms with E-state index >= 15 is 0 Å². The summed E-state index contributed by atoms with van der Waals surface area (Å²) in [5.74, 6) is 6.35. The first-order chi connectivity index (χ1) is 13.9. The summed E-state index contributed by atoms with van der Waals surface area (Å²) in [6.07, 6.45) is -4.02. The number of imide groups is 1. The van der Waals surface area contributed by atoms with Crippen LogP contribution in [0.1, 0.15) is 11.1 Å². The summed E-state index contributed by atoms with van der Waals surface area (Å²) < 4.78 is 21.6. The van der Waals surface area contributed by atoms with Crippen LogP contribution in [-0.2, 0) is 19.7 Å². The monoisotopic (exact) mass is 400 g/mol. The Morgan fingerprint density at radius 3 is 2.59 bits per heavy atom. The highest BCUT2D eigenvalue weighted by atomic mass is 16.5. The van der Waals surface area contributed by atoms with Crippen LogP contribution in [0.4, 0.5) is 9.59 Å². The van der Waals surface area contributed by atoms with Crippen LogP contribution in [-0.4, -0.2) is 63.3 Å². The first-order valence-corrected chi connectivity index (χ1v) is 8.70. The number of hydrogen-bond acceptors (Lipinski definition) is 9. The number of ether oxygens (including phenoxy) is 4. The minimum atomic E-state index is -2.01. The maximum Gasteiger partial charge on any atom is 0.299 e. The number of nitrogens with zero attached hydrogens (tertiary/aromatic N) is 2. The van der Waals surface area contributed by atoms with Gasteiger partial charge in [0.1, 0.15) is 31.1 Å². The summed E-state index contributed by atoms with van der Waals surface area (Å²) in [4.78, 5) is 26.8. The molecule has 152 valence electrons. The zero-order chi connectivity index (χ0) is 20.6. The summed E-state index contributed by atoms with van der Waals surface area (Å²) in [6, 6.07) is 4.68. The Balaban J connectivity index is 1.83. The lowest BCUT2D eigenvalue weighted by molar-refractivity contribution is -0.284. The fourth-order valence-electron chi connectivity index (χ4n) is 3.71. The third-order valence-electron chi connectivity index (χ3n) is 5.27. The second kappa shape index (κ2) is 6.95. The molecule has 1 aromatic carbocycles. The third-order valence-corrected chi connectivity index (χ3v) is 5.27. The second-order valence-electron chi connectivity index (χ2n) is 6.92. The Labute approximate surface area is 165 Å². The fourth-order valence-corrected chi connectivity index (χ4v) is 3.71. The molecule has 2 spiro atoms. The Morgan fingerprint density at radius 2 is 1.97 bits per heavy atom. The molecule has 29 heavy (non-hydrogen) atoms. The Morgan fingerprint density at radius 1 is 1.21 bits per heavy atom. The molecule has 4 rings (SSSR count). The zero-order valence-electron chi connectivity index (χ0n) is 15.4. The van der Waals surface area contributed by atoms with E-state index in [1.807, 2.05) is 0 Å². The predicted molar refractivity (Wildman–Crippen MR) is 91.6 cm³/mol. The molecule has 0 bridgehead atoms. The molecule has 3 aliphatic heterocycles. The van der Waals surface area contributed by atoms with Gasteiger partial charge in [-0.3, -0.25) is 0 Å². The number of carbonyl (C=O) groups is 2. The van der Waals surface area contributed by atoms with Crippen molar-refractivity contribution in [2.75, 3.05) is 40.1 Å². The van der Waals surface area contributed by atoms with Gasteiger partial charge < -0.3 is 38.7 Å². The molecule has 0 aromatic heterocycles. The van der Waals surface area contributed by atoms with E-state index < -0.39 is 29.2 Å². The highest BCUT2D eigenvalue weighted by Gasteiger charge is 2.64. The van der Waals surface area contributed by atoms with Crippen molar-refractivity contribution >= 4 is 18.2 Å². The molecule has 10 nitrogen and oxygen atoms in total. The number of aliphatic imine (C=N–C) groups is 1. The maximum atomic E-state index is 11.2. The molecule has 1 unspecified atom stereocenters. The van der Waals surface area contributed by atoms with Gasteiger partial charge in [0, 0.05) is 18.2 Å². The average Bonchev–Trinajstić information content (AvgIpc) is 3.06. The van der Waals surface area contributed by atoms with Crippen molar-refractivity contribution < 1.29 is 38.7 Å². The molecule has 2 amide bonds. The van der Waals surface area contributed by atoms with Crippen LogP contribution in [0.3, 0.4) is 0 Å². The van der Waals surface area contributed by atoms with Gasteiger partial charge >= 0.3 is 0 Å². The van der Waals surface area contributed by atoms with Crippen LogP contribution >= 0.6 is 0 Å². The molecular weight excluding hydrogens is 384 g/mol. The molecule has 10 heteroatoms. The van der Waals surface area contributed by atoms with E-state index in [1.54, 1.807) is 18.2 Å². The minimum absolute atomic E-state index is 0.0892. The quantitative estimate of drug-likeness (QED) is 0.529. The van der Waals surface area contributed by atoms with Crippen molar-refractivity contribution in [3.8, 4) is 17.6 Å². The van der Waals surface area contributed by atoms with Gasteiger partial charge in [-0.25, -0.2) is 9.89 Å². The van der Waals surface area contributed by atoms with Gasteiger partial charge in [0.15, 0.2) is 12.2 Å². The van der Waals surface area contributed by atoms with E-state index in [1.165, 1.54) is 7.11 Å². The van der Waals surface area contributed by atoms with Crippen LogP contribution in [0.5, 0.6) is 5.75 Å². The number of carbonyl (C=O) groups excluding carboxylic acids is 2. The number of hydrogen-bond donors (Lipinski definition) is 0. The first-order valence-electron chi connectivity index (χ1n) is 8.70. The SMILES string of the molecule is COCC#Cc1ccc2c(c1)C1(COC(N(C(=O)[O-])C(=O)[O-])=N1)C1(COC1)CO2. The Kier molecular flexibility index (Phi) is 4.56. The highest BCUT2D eigenvalue weighted by Crippen LogP contribution is 2.56. The number of benzene rings is 1. The lowest BCUT2D eigenvalue weighted by atomic mass is 9.64. The van der Waals surface area contributed by atoms with E-state index in [2.05, 4.69) is 16.8 Å². The number of rotatable bonds is 1. The molecule has 0 aliphatic carbocycles. The number of carboxylic acid groups (broad SMARTS) is 2. The summed E-state index contributed by atoms with van der Waals surface area (Å²) in [6.45, 7) is 1.01. The molecule has 3 heterocycles. The van der Waals surface area contributed by atoms with Gasteiger partial charge in [-0.15, -0.1) is 0 Å². The molecule has 3 aliphatic rings. The van der Waals surface area contributed by atoms with E-state index in [4.69, 9.17) is 18.9 Å². The number of amides is 2. The largest absolute Gasteiger partial charge is 0.529 e. The van der Waals surface area contributed by atoms with Crippen molar-refractivity contribution in [3.05, 3.63) is 29.3 Å². The van der Waals surface area contributed by atoms with Crippen LogP contribution in [0.25, 0.3) is 0 Å². The smallest absolute Gasteiger partial charge is 0.299 e. The van der Waals surface area contributed by atoms with Crippen molar-refractivity contribution in [3.63, 3.8) is 0 Å². The predicted octanol–water partition coefficient (Wildman–Crippen LogP) is -1.34. The van der Waals surface area contributed by atoms with Crippen molar-refractivity contribution in [2.24, 2.45) is 10.4 Å². The number of methoxy groups -OCH3 is 1. The molecule has 1 atom stereocenters. The average molecular weight is 400 g/mol. The van der Waals surface area contributed by atoms with Crippen LogP contribution in [0.15, 0.2) is 23.2 Å². The summed E-state index contributed by atoms with van der Waals surface area (Å²) >= 11 is 0. The molecule has 0 saturated carbocycles. The molecule has 0 N–H and O–H groups in total. The van der Waals surface area contributed by atoms with Crippen molar-refractivity contribution in [2.45, 2.75) is 5.54 Å². The van der Waals surface area contributed by atoms with E-state index in [-0.39, 0.29) is 24.7 Å². The van der Waals surface area contributed by atoms with E-state index in [9.17, 15) is 19.8 Å². The van der Waals surface area contributed by atoms with Crippen LogP contribution in [0.2, 0.25) is 0 Å². The third kappa shape index (κ3) is 2.86. The topological polar surface area (TPSA) is 133 Å². The lowest BCUT2D eigenvalue weighted by Crippen LogP contribution is -2.63. The molecular formula is C19H16N2O8-2. The zero-order valence-corrected chi connectivity index (χ0v) is 15.4.